The maximum atomic E-state index is 12.6. The summed E-state index contributed by atoms with van der Waals surface area (Å²) < 4.78 is 10.7. The van der Waals surface area contributed by atoms with Crippen molar-refractivity contribution < 1.29 is 14.3 Å². The summed E-state index contributed by atoms with van der Waals surface area (Å²) in [5.74, 6) is 1.93. The molecule has 0 fully saturated rings. The van der Waals surface area contributed by atoms with Gasteiger partial charge < -0.3 is 25.0 Å². The molecule has 29 heavy (non-hydrogen) atoms. The van der Waals surface area contributed by atoms with E-state index in [1.807, 2.05) is 61.5 Å². The molecule has 0 radical (unpaired) electrons. The minimum Gasteiger partial charge on any atom is -0.454 e. The number of carbonyl (C=O) groups is 1. The van der Waals surface area contributed by atoms with Crippen LogP contribution in [0.3, 0.4) is 0 Å². The highest BCUT2D eigenvalue weighted by Gasteiger charge is 2.13. The lowest BCUT2D eigenvalue weighted by Crippen LogP contribution is -2.13. The quantitative estimate of drug-likeness (QED) is 0.668. The molecule has 7 heteroatoms. The first-order valence-corrected chi connectivity index (χ1v) is 9.26. The van der Waals surface area contributed by atoms with Gasteiger partial charge in [0.2, 0.25) is 6.79 Å². The van der Waals surface area contributed by atoms with Crippen molar-refractivity contribution in [3.8, 4) is 11.5 Å². The number of amides is 1. The van der Waals surface area contributed by atoms with E-state index in [0.717, 1.165) is 28.4 Å². The molecule has 1 aliphatic heterocycles. The number of hydrogen-bond acceptors (Lipinski definition) is 6. The fourth-order valence-electron chi connectivity index (χ4n) is 2.96. The molecule has 0 saturated heterocycles. The van der Waals surface area contributed by atoms with E-state index in [1.165, 1.54) is 0 Å². The number of nitrogens with zero attached hydrogens (tertiary/aromatic N) is 2. The van der Waals surface area contributed by atoms with E-state index in [9.17, 15) is 4.79 Å². The Morgan fingerprint density at radius 2 is 1.83 bits per heavy atom. The number of hydrogen-bond donors (Lipinski definition) is 2. The largest absolute Gasteiger partial charge is 0.454 e. The van der Waals surface area contributed by atoms with Crippen LogP contribution in [0, 0.1) is 0 Å². The molecule has 1 aliphatic rings. The molecule has 2 N–H and O–H groups in total. The zero-order valence-electron chi connectivity index (χ0n) is 16.3. The highest BCUT2D eigenvalue weighted by atomic mass is 16.7. The number of aromatic nitrogens is 1. The van der Waals surface area contributed by atoms with Crippen molar-refractivity contribution in [2.75, 3.05) is 36.4 Å². The molecule has 0 spiro atoms. The van der Waals surface area contributed by atoms with E-state index in [4.69, 9.17) is 9.47 Å². The SMILES string of the molecule is CN(C)c1ccc(NC(=O)c2ccnc(NCc3ccc4c(c3)OCO4)c2)cc1. The molecule has 0 bridgehead atoms. The van der Waals surface area contributed by atoms with Crippen molar-refractivity contribution in [2.24, 2.45) is 0 Å². The monoisotopic (exact) mass is 390 g/mol. The fraction of sp³-hybridized carbons (Fsp3) is 0.182. The van der Waals surface area contributed by atoms with Crippen molar-refractivity contribution >= 4 is 23.1 Å². The first kappa shape index (κ1) is 18.6. The third kappa shape index (κ3) is 4.40. The van der Waals surface area contributed by atoms with Gasteiger partial charge in [-0.2, -0.15) is 0 Å². The zero-order valence-corrected chi connectivity index (χ0v) is 16.3. The van der Waals surface area contributed by atoms with E-state index in [2.05, 4.69) is 15.6 Å². The van der Waals surface area contributed by atoms with Crippen LogP contribution in [0.4, 0.5) is 17.2 Å². The van der Waals surface area contributed by atoms with Gasteiger partial charge in [-0.25, -0.2) is 4.98 Å². The molecular formula is C22H22N4O3. The van der Waals surface area contributed by atoms with Crippen LogP contribution in [0.15, 0.2) is 60.8 Å². The predicted octanol–water partition coefficient (Wildman–Crippen LogP) is 3.74. The summed E-state index contributed by atoms with van der Waals surface area (Å²) in [5.41, 5.74) is 3.38. The lowest BCUT2D eigenvalue weighted by atomic mass is 10.2. The van der Waals surface area contributed by atoms with Crippen molar-refractivity contribution in [2.45, 2.75) is 6.54 Å². The zero-order chi connectivity index (χ0) is 20.2. The molecule has 2 heterocycles. The Morgan fingerprint density at radius 1 is 1.03 bits per heavy atom. The maximum Gasteiger partial charge on any atom is 0.255 e. The molecule has 3 aromatic rings. The number of fused-ring (bicyclic) bond motifs is 1. The van der Waals surface area contributed by atoms with Crippen molar-refractivity contribution in [1.82, 2.24) is 4.98 Å². The molecule has 0 saturated carbocycles. The van der Waals surface area contributed by atoms with Gasteiger partial charge in [-0.05, 0) is 54.1 Å². The van der Waals surface area contributed by atoms with Gasteiger partial charge >= 0.3 is 0 Å². The topological polar surface area (TPSA) is 75.7 Å². The third-order valence-electron chi connectivity index (χ3n) is 4.57. The first-order valence-electron chi connectivity index (χ1n) is 9.26. The minimum atomic E-state index is -0.184. The van der Waals surface area contributed by atoms with Gasteiger partial charge in [0.1, 0.15) is 5.82 Å². The molecule has 2 aromatic carbocycles. The molecule has 148 valence electrons. The molecular weight excluding hydrogens is 368 g/mol. The van der Waals surface area contributed by atoms with E-state index in [1.54, 1.807) is 18.3 Å². The summed E-state index contributed by atoms with van der Waals surface area (Å²) in [6.07, 6.45) is 1.62. The van der Waals surface area contributed by atoms with E-state index < -0.39 is 0 Å². The molecule has 0 aliphatic carbocycles. The molecule has 1 amide bonds. The van der Waals surface area contributed by atoms with Gasteiger partial charge in [0, 0.05) is 43.8 Å². The summed E-state index contributed by atoms with van der Waals surface area (Å²) >= 11 is 0. The van der Waals surface area contributed by atoms with Gasteiger partial charge in [-0.3, -0.25) is 4.79 Å². The predicted molar refractivity (Wildman–Crippen MR) is 113 cm³/mol. The third-order valence-corrected chi connectivity index (χ3v) is 4.57. The van der Waals surface area contributed by atoms with Crippen LogP contribution < -0.4 is 25.0 Å². The average molecular weight is 390 g/mol. The van der Waals surface area contributed by atoms with Crippen LogP contribution in [0.25, 0.3) is 0 Å². The van der Waals surface area contributed by atoms with Gasteiger partial charge in [0.25, 0.3) is 5.91 Å². The second-order valence-corrected chi connectivity index (χ2v) is 6.87. The van der Waals surface area contributed by atoms with Gasteiger partial charge in [-0.1, -0.05) is 6.07 Å². The van der Waals surface area contributed by atoms with Crippen LogP contribution >= 0.6 is 0 Å². The van der Waals surface area contributed by atoms with Gasteiger partial charge in [-0.15, -0.1) is 0 Å². The van der Waals surface area contributed by atoms with Crippen molar-refractivity contribution in [3.05, 3.63) is 71.9 Å². The molecule has 1 aromatic heterocycles. The van der Waals surface area contributed by atoms with E-state index in [0.29, 0.717) is 17.9 Å². The normalized spacial score (nSPS) is 11.8. The van der Waals surface area contributed by atoms with Gasteiger partial charge in [0.05, 0.1) is 0 Å². The lowest BCUT2D eigenvalue weighted by Gasteiger charge is -2.13. The maximum absolute atomic E-state index is 12.6. The summed E-state index contributed by atoms with van der Waals surface area (Å²) in [6, 6.07) is 16.9. The summed E-state index contributed by atoms with van der Waals surface area (Å²) in [7, 11) is 3.95. The van der Waals surface area contributed by atoms with Gasteiger partial charge in [0.15, 0.2) is 11.5 Å². The van der Waals surface area contributed by atoms with Crippen molar-refractivity contribution in [3.63, 3.8) is 0 Å². The number of rotatable bonds is 6. The molecule has 7 nitrogen and oxygen atoms in total. The van der Waals surface area contributed by atoms with Crippen LogP contribution in [0.5, 0.6) is 11.5 Å². The number of benzene rings is 2. The molecule has 4 rings (SSSR count). The van der Waals surface area contributed by atoms with Crippen LogP contribution in [-0.2, 0) is 6.54 Å². The summed E-state index contributed by atoms with van der Waals surface area (Å²) in [6.45, 7) is 0.809. The van der Waals surface area contributed by atoms with Crippen LogP contribution in [0.2, 0.25) is 0 Å². The van der Waals surface area contributed by atoms with Crippen LogP contribution in [-0.4, -0.2) is 31.8 Å². The first-order chi connectivity index (χ1) is 14.1. The average Bonchev–Trinajstić information content (AvgIpc) is 3.21. The highest BCUT2D eigenvalue weighted by molar-refractivity contribution is 6.04. The molecule has 0 atom stereocenters. The number of pyridine rings is 1. The Hall–Kier alpha value is -3.74. The Morgan fingerprint density at radius 3 is 2.62 bits per heavy atom. The van der Waals surface area contributed by atoms with E-state index in [-0.39, 0.29) is 12.7 Å². The highest BCUT2D eigenvalue weighted by Crippen LogP contribution is 2.32. The summed E-state index contributed by atoms with van der Waals surface area (Å²) in [4.78, 5) is 18.9. The second-order valence-electron chi connectivity index (χ2n) is 6.87. The number of nitrogens with one attached hydrogen (secondary N) is 2. The Balaban J connectivity index is 1.39. The standard InChI is InChI=1S/C22H22N4O3/c1-26(2)18-6-4-17(5-7-18)25-22(27)16-9-10-23-21(12-16)24-13-15-3-8-19-20(11-15)29-14-28-19/h3-12H,13-14H2,1-2H3,(H,23,24)(H,25,27). The molecule has 0 unspecified atom stereocenters. The number of ether oxygens (including phenoxy) is 2. The minimum absolute atomic E-state index is 0.184. The summed E-state index contributed by atoms with van der Waals surface area (Å²) in [5, 5.41) is 6.15. The van der Waals surface area contributed by atoms with E-state index >= 15 is 0 Å². The lowest BCUT2D eigenvalue weighted by molar-refractivity contribution is 0.102. The number of anilines is 3. The van der Waals surface area contributed by atoms with Crippen LogP contribution in [0.1, 0.15) is 15.9 Å². The fourth-order valence-corrected chi connectivity index (χ4v) is 2.96. The van der Waals surface area contributed by atoms with Crippen molar-refractivity contribution in [1.29, 1.82) is 0 Å². The Kier molecular flexibility index (Phi) is 5.20. The number of carbonyl (C=O) groups excluding carboxylic acids is 1. The smallest absolute Gasteiger partial charge is 0.255 e. The Labute approximate surface area is 169 Å². The Bertz CT molecular complexity index is 1020. The second kappa shape index (κ2) is 8.10.